The first-order chi connectivity index (χ1) is 12.4. The summed E-state index contributed by atoms with van der Waals surface area (Å²) >= 11 is 0. The van der Waals surface area contributed by atoms with Crippen molar-refractivity contribution in [1.82, 2.24) is 10.4 Å². The van der Waals surface area contributed by atoms with Crippen LogP contribution >= 0.6 is 7.75 Å². The van der Waals surface area contributed by atoms with Gasteiger partial charge < -0.3 is 14.2 Å². The number of carbonyl (C=O) groups is 1. The predicted molar refractivity (Wildman–Crippen MR) is 89.4 cm³/mol. The Bertz CT molecular complexity index is 749. The summed E-state index contributed by atoms with van der Waals surface area (Å²) in [6.45, 7) is 2.35. The fraction of sp³-hybridized carbons (Fsp3) is 0.467. The van der Waals surface area contributed by atoms with E-state index in [2.05, 4.69) is 10.2 Å². The predicted octanol–water partition coefficient (Wildman–Crippen LogP) is 2.59. The lowest BCUT2D eigenvalue weighted by molar-refractivity contribution is -0.146. The van der Waals surface area contributed by atoms with Crippen molar-refractivity contribution < 1.29 is 27.4 Å². The normalized spacial score (nSPS) is 22.5. The monoisotopic (exact) mass is 358 g/mol. The molecule has 1 aliphatic heterocycles. The second kappa shape index (κ2) is 7.23. The number of rotatable bonds is 5. The van der Waals surface area contributed by atoms with Crippen molar-refractivity contribution in [2.24, 2.45) is 10.2 Å². The van der Waals surface area contributed by atoms with Crippen molar-refractivity contribution in [1.29, 1.82) is 0 Å². The van der Waals surface area contributed by atoms with E-state index in [9.17, 15) is 9.36 Å². The molecule has 0 bridgehead atoms. The largest absolute Gasteiger partial charge is 0.532 e. The number of hydroxylamine groups is 1. The summed E-state index contributed by atoms with van der Waals surface area (Å²) in [5.41, 5.74) is 1.90. The smallest absolute Gasteiger partial charge is 0.464 e. The fourth-order valence-corrected chi connectivity index (χ4v) is 2.65. The van der Waals surface area contributed by atoms with Crippen LogP contribution in [-0.4, -0.2) is 37.0 Å². The van der Waals surface area contributed by atoms with Gasteiger partial charge in [-0.3, -0.25) is 4.79 Å². The molecule has 0 radical (unpaired) electrons. The van der Waals surface area contributed by atoms with Gasteiger partial charge in [0.2, 0.25) is 5.96 Å². The van der Waals surface area contributed by atoms with Crippen molar-refractivity contribution in [2.45, 2.75) is 20.8 Å². The van der Waals surface area contributed by atoms with Gasteiger partial charge in [0.15, 0.2) is 0 Å². The van der Waals surface area contributed by atoms with Crippen LogP contribution in [0.15, 0.2) is 35.1 Å². The lowest BCUT2D eigenvalue weighted by Gasteiger charge is -2.20. The standard InChI is InChI=1S/C15H22N3O5P/c1-15(2,3)11-21-13(19)10-18(4)14-16-23-24(20,17-14)22-12-8-6-5-7-9-12/h5-9H,10-11H2,1-4H3,(H,16,17,20)/i4D3. The van der Waals surface area contributed by atoms with Crippen LogP contribution in [0.3, 0.4) is 0 Å². The molecular weight excluding hydrogens is 333 g/mol. The SMILES string of the molecule is [2H]C([2H])([2H])N(CC(=O)OCC(C)(C)C)C1=NP(=O)(Oc2ccccc2)ON1. The second-order valence-electron chi connectivity index (χ2n) is 6.30. The first-order valence-electron chi connectivity index (χ1n) is 8.71. The van der Waals surface area contributed by atoms with Gasteiger partial charge in [-0.25, -0.2) is 10.0 Å². The molecule has 0 aliphatic carbocycles. The number of hydrogen-bond acceptors (Lipinski definition) is 7. The topological polar surface area (TPSA) is 89.5 Å². The maximum atomic E-state index is 12.5. The van der Waals surface area contributed by atoms with Crippen LogP contribution in [0.2, 0.25) is 0 Å². The molecule has 1 N–H and O–H groups in total. The summed E-state index contributed by atoms with van der Waals surface area (Å²) in [6, 6.07) is 8.15. The number of hydrogen-bond donors (Lipinski definition) is 1. The molecule has 1 unspecified atom stereocenters. The fourth-order valence-electron chi connectivity index (χ4n) is 1.56. The molecule has 1 aromatic rings. The molecule has 0 aromatic heterocycles. The minimum atomic E-state index is -4.02. The van der Waals surface area contributed by atoms with Gasteiger partial charge in [0.25, 0.3) is 0 Å². The van der Waals surface area contributed by atoms with Gasteiger partial charge in [0.1, 0.15) is 12.3 Å². The van der Waals surface area contributed by atoms with E-state index in [1.54, 1.807) is 30.3 Å². The maximum absolute atomic E-state index is 12.5. The van der Waals surface area contributed by atoms with Crippen LogP contribution in [0.25, 0.3) is 0 Å². The Hall–Kier alpha value is -2.05. The van der Waals surface area contributed by atoms with Gasteiger partial charge in [0, 0.05) is 11.1 Å². The van der Waals surface area contributed by atoms with Gasteiger partial charge in [-0.2, -0.15) is 4.62 Å². The summed E-state index contributed by atoms with van der Waals surface area (Å²) in [5.74, 6) is -0.934. The number of para-hydroxylation sites is 1. The van der Waals surface area contributed by atoms with E-state index in [0.29, 0.717) is 4.90 Å². The van der Waals surface area contributed by atoms with Crippen LogP contribution in [0, 0.1) is 5.41 Å². The summed E-state index contributed by atoms with van der Waals surface area (Å²) < 4.78 is 54.2. The highest BCUT2D eigenvalue weighted by atomic mass is 31.2. The molecule has 1 aromatic carbocycles. The molecule has 24 heavy (non-hydrogen) atoms. The molecule has 1 heterocycles. The number of benzene rings is 1. The number of esters is 1. The van der Waals surface area contributed by atoms with Gasteiger partial charge in [-0.15, -0.1) is 4.76 Å². The number of ether oxygens (including phenoxy) is 1. The molecule has 2 rings (SSSR count). The van der Waals surface area contributed by atoms with E-state index in [4.69, 9.17) is 18.0 Å². The van der Waals surface area contributed by atoms with E-state index >= 15 is 0 Å². The second-order valence-corrected chi connectivity index (χ2v) is 7.80. The summed E-state index contributed by atoms with van der Waals surface area (Å²) in [6.07, 6.45) is 0. The maximum Gasteiger partial charge on any atom is 0.532 e. The Labute approximate surface area is 145 Å². The van der Waals surface area contributed by atoms with Gasteiger partial charge in [0.05, 0.1) is 6.61 Å². The first-order valence-corrected chi connectivity index (χ1v) is 8.70. The highest BCUT2D eigenvalue weighted by Crippen LogP contribution is 2.51. The van der Waals surface area contributed by atoms with E-state index in [1.807, 2.05) is 20.8 Å². The van der Waals surface area contributed by atoms with Crippen LogP contribution in [0.4, 0.5) is 0 Å². The van der Waals surface area contributed by atoms with Crippen molar-refractivity contribution >= 4 is 19.7 Å². The summed E-state index contributed by atoms with van der Waals surface area (Å²) in [5, 5.41) is 0. The molecular formula is C15H22N3O5P. The lowest BCUT2D eigenvalue weighted by Crippen LogP contribution is -2.39. The molecule has 0 fully saturated rings. The van der Waals surface area contributed by atoms with Gasteiger partial charge >= 0.3 is 13.7 Å². The van der Waals surface area contributed by atoms with Crippen molar-refractivity contribution in [2.75, 3.05) is 20.1 Å². The number of guanidine groups is 1. The molecule has 1 atom stereocenters. The quantitative estimate of drug-likeness (QED) is 0.639. The minimum absolute atomic E-state index is 0.118. The van der Waals surface area contributed by atoms with Crippen LogP contribution in [0.1, 0.15) is 24.9 Å². The Morgan fingerprint density at radius 2 is 2.12 bits per heavy atom. The highest BCUT2D eigenvalue weighted by molar-refractivity contribution is 7.53. The lowest BCUT2D eigenvalue weighted by atomic mass is 9.99. The number of carbonyl (C=O) groups excluding carboxylic acids is 1. The summed E-state index contributed by atoms with van der Waals surface area (Å²) in [4.78, 5) is 12.6. The molecule has 0 saturated carbocycles. The molecule has 9 heteroatoms. The van der Waals surface area contributed by atoms with Crippen molar-refractivity contribution in [3.05, 3.63) is 30.3 Å². The van der Waals surface area contributed by atoms with E-state index in [0.717, 1.165) is 0 Å². The Morgan fingerprint density at radius 3 is 2.75 bits per heavy atom. The number of likely N-dealkylation sites (N-methyl/N-ethyl adjacent to an activating group) is 1. The average molecular weight is 358 g/mol. The Morgan fingerprint density at radius 1 is 1.42 bits per heavy atom. The Kier molecular flexibility index (Phi) is 4.31. The van der Waals surface area contributed by atoms with Crippen LogP contribution < -0.4 is 10.0 Å². The third-order valence-corrected chi connectivity index (χ3v) is 3.84. The van der Waals surface area contributed by atoms with E-state index in [1.165, 1.54) is 0 Å². The zero-order valence-electron chi connectivity index (χ0n) is 16.7. The molecule has 0 saturated heterocycles. The number of nitrogens with one attached hydrogen (secondary N) is 1. The molecule has 8 nitrogen and oxygen atoms in total. The van der Waals surface area contributed by atoms with Crippen LogP contribution in [-0.2, 0) is 18.7 Å². The van der Waals surface area contributed by atoms with Crippen LogP contribution in [0.5, 0.6) is 5.75 Å². The zero-order valence-corrected chi connectivity index (χ0v) is 14.6. The average Bonchev–Trinajstić information content (AvgIpc) is 2.91. The van der Waals surface area contributed by atoms with Gasteiger partial charge in [-0.05, 0) is 17.5 Å². The van der Waals surface area contributed by atoms with E-state index < -0.39 is 33.2 Å². The first kappa shape index (κ1) is 14.3. The minimum Gasteiger partial charge on any atom is -0.464 e. The summed E-state index contributed by atoms with van der Waals surface area (Å²) in [7, 11) is -4.02. The molecule has 1 aliphatic rings. The van der Waals surface area contributed by atoms with Crippen molar-refractivity contribution in [3.63, 3.8) is 0 Å². The third-order valence-electron chi connectivity index (χ3n) is 2.64. The third kappa shape index (κ3) is 5.54. The van der Waals surface area contributed by atoms with Crippen molar-refractivity contribution in [3.8, 4) is 5.75 Å². The highest BCUT2D eigenvalue weighted by Gasteiger charge is 2.36. The molecule has 132 valence electrons. The zero-order chi connectivity index (χ0) is 20.3. The molecule has 0 amide bonds. The number of nitrogens with zero attached hydrogens (tertiary/aromatic N) is 2. The van der Waals surface area contributed by atoms with E-state index in [-0.39, 0.29) is 17.8 Å². The molecule has 0 spiro atoms. The Balaban J connectivity index is 2.12. The van der Waals surface area contributed by atoms with Gasteiger partial charge in [-0.1, -0.05) is 39.0 Å².